The van der Waals surface area contributed by atoms with E-state index in [1.165, 1.54) is 6.07 Å². The van der Waals surface area contributed by atoms with Crippen LogP contribution in [0.2, 0.25) is 0 Å². The molecule has 1 N–H and O–H groups in total. The van der Waals surface area contributed by atoms with Gasteiger partial charge in [-0.05, 0) is 55.4 Å². The minimum atomic E-state index is -0.222. The topological polar surface area (TPSA) is 54.9 Å². The normalized spacial score (nSPS) is 13.9. The van der Waals surface area contributed by atoms with Crippen LogP contribution in [-0.4, -0.2) is 15.9 Å². The van der Waals surface area contributed by atoms with Crippen molar-refractivity contribution in [3.63, 3.8) is 0 Å². The third-order valence-electron chi connectivity index (χ3n) is 4.90. The summed E-state index contributed by atoms with van der Waals surface area (Å²) in [4.78, 5) is 22.0. The van der Waals surface area contributed by atoms with E-state index in [2.05, 4.69) is 19.2 Å². The molecule has 0 spiro atoms. The molecule has 0 saturated carbocycles. The summed E-state index contributed by atoms with van der Waals surface area (Å²) in [5.41, 5.74) is 4.41. The second kappa shape index (κ2) is 7.52. The van der Waals surface area contributed by atoms with Crippen LogP contribution in [-0.2, 0) is 24.1 Å². The zero-order valence-corrected chi connectivity index (χ0v) is 15.9. The minimum Gasteiger partial charge on any atom is -0.309 e. The van der Waals surface area contributed by atoms with E-state index in [9.17, 15) is 9.18 Å². The largest absolute Gasteiger partial charge is 0.309 e. The fourth-order valence-electron chi connectivity index (χ4n) is 3.20. The van der Waals surface area contributed by atoms with E-state index in [1.807, 2.05) is 13.8 Å². The molecule has 0 saturated heterocycles. The third kappa shape index (κ3) is 3.76. The lowest BCUT2D eigenvalue weighted by Gasteiger charge is -2.22. The molecule has 5 heteroatoms. The molecule has 0 aliphatic heterocycles. The van der Waals surface area contributed by atoms with Crippen molar-refractivity contribution in [2.24, 2.45) is 11.8 Å². The highest BCUT2D eigenvalue weighted by Crippen LogP contribution is 2.33. The van der Waals surface area contributed by atoms with Crippen LogP contribution in [0.15, 0.2) is 18.2 Å². The number of fused-ring (bicyclic) bond motifs is 3. The number of amides is 1. The zero-order valence-electron chi connectivity index (χ0n) is 15.9. The number of nitrogens with zero attached hydrogens (tertiary/aromatic N) is 2. The van der Waals surface area contributed by atoms with Crippen LogP contribution in [0.4, 0.5) is 10.2 Å². The molecular weight excluding hydrogens is 329 g/mol. The van der Waals surface area contributed by atoms with Gasteiger partial charge in [-0.3, -0.25) is 4.79 Å². The number of hydrogen-bond donors (Lipinski definition) is 1. The van der Waals surface area contributed by atoms with Crippen molar-refractivity contribution < 1.29 is 9.18 Å². The lowest BCUT2D eigenvalue weighted by Crippen LogP contribution is -2.23. The monoisotopic (exact) mass is 355 g/mol. The summed E-state index contributed by atoms with van der Waals surface area (Å²) in [6.07, 6.45) is 2.94. The van der Waals surface area contributed by atoms with Crippen molar-refractivity contribution in [2.45, 2.75) is 53.4 Å². The summed E-state index contributed by atoms with van der Waals surface area (Å²) in [6, 6.07) is 4.84. The van der Waals surface area contributed by atoms with Gasteiger partial charge in [0.25, 0.3) is 0 Å². The van der Waals surface area contributed by atoms with E-state index in [0.717, 1.165) is 47.5 Å². The molecule has 1 unspecified atom stereocenters. The Kier molecular flexibility index (Phi) is 5.35. The summed E-state index contributed by atoms with van der Waals surface area (Å²) in [7, 11) is 0. The van der Waals surface area contributed by atoms with Gasteiger partial charge in [0.05, 0.1) is 17.1 Å². The molecule has 1 aromatic carbocycles. The number of benzene rings is 1. The highest BCUT2D eigenvalue weighted by molar-refractivity contribution is 5.92. The van der Waals surface area contributed by atoms with E-state index < -0.39 is 0 Å². The Balaban J connectivity index is 2.05. The molecule has 1 heterocycles. The maximum atomic E-state index is 13.6. The van der Waals surface area contributed by atoms with Crippen LogP contribution < -0.4 is 5.32 Å². The van der Waals surface area contributed by atoms with Crippen LogP contribution in [0.1, 0.15) is 51.1 Å². The van der Waals surface area contributed by atoms with Gasteiger partial charge in [0.2, 0.25) is 5.91 Å². The predicted molar refractivity (Wildman–Crippen MR) is 101 cm³/mol. The second-order valence-corrected chi connectivity index (χ2v) is 7.51. The highest BCUT2D eigenvalue weighted by atomic mass is 19.1. The summed E-state index contributed by atoms with van der Waals surface area (Å²) < 4.78 is 13.6. The van der Waals surface area contributed by atoms with Gasteiger partial charge in [0.15, 0.2) is 5.82 Å². The number of anilines is 1. The number of carbonyl (C=O) groups excluding carboxylic acids is 1. The van der Waals surface area contributed by atoms with Crippen LogP contribution in [0.25, 0.3) is 11.3 Å². The fraction of sp³-hybridized carbons (Fsp3) is 0.476. The van der Waals surface area contributed by atoms with Gasteiger partial charge in [-0.15, -0.1) is 0 Å². The van der Waals surface area contributed by atoms with E-state index in [-0.39, 0.29) is 17.6 Å². The van der Waals surface area contributed by atoms with Gasteiger partial charge in [-0.2, -0.15) is 0 Å². The van der Waals surface area contributed by atoms with Crippen molar-refractivity contribution in [3.05, 3.63) is 41.0 Å². The quantitative estimate of drug-likeness (QED) is 0.855. The van der Waals surface area contributed by atoms with Crippen LogP contribution in [0.3, 0.4) is 0 Å². The number of nitrogens with one attached hydrogen (secondary N) is 1. The van der Waals surface area contributed by atoms with Crippen molar-refractivity contribution in [3.8, 4) is 11.3 Å². The summed E-state index contributed by atoms with van der Waals surface area (Å²) >= 11 is 0. The lowest BCUT2D eigenvalue weighted by molar-refractivity contribution is -0.119. The van der Waals surface area contributed by atoms with Gasteiger partial charge in [-0.1, -0.05) is 27.7 Å². The van der Waals surface area contributed by atoms with Crippen molar-refractivity contribution >= 4 is 11.7 Å². The standard InChI is InChI=1S/C21H26FN3O/c1-5-13(4)21(26)25-20-18(10-12(2)3)23-19-16-8-7-15(22)11-14(16)6-9-17(19)24-20/h7-8,11-13H,5-6,9-10H2,1-4H3,(H,24,25,26). The molecule has 0 fully saturated rings. The van der Waals surface area contributed by atoms with Gasteiger partial charge in [0.1, 0.15) is 5.82 Å². The summed E-state index contributed by atoms with van der Waals surface area (Å²) in [5, 5.41) is 2.98. The highest BCUT2D eigenvalue weighted by Gasteiger charge is 2.23. The maximum absolute atomic E-state index is 13.6. The summed E-state index contributed by atoms with van der Waals surface area (Å²) in [6.45, 7) is 8.14. The molecule has 26 heavy (non-hydrogen) atoms. The first-order valence-corrected chi connectivity index (χ1v) is 9.38. The molecule has 3 rings (SSSR count). The molecule has 0 bridgehead atoms. The van der Waals surface area contributed by atoms with Gasteiger partial charge < -0.3 is 5.32 Å². The molecule has 2 aromatic rings. The molecule has 1 aliphatic rings. The van der Waals surface area contributed by atoms with E-state index in [1.54, 1.807) is 12.1 Å². The molecule has 1 atom stereocenters. The van der Waals surface area contributed by atoms with E-state index in [4.69, 9.17) is 9.97 Å². The third-order valence-corrected chi connectivity index (χ3v) is 4.90. The molecule has 1 aliphatic carbocycles. The zero-order chi connectivity index (χ0) is 18.8. The Labute approximate surface area is 154 Å². The van der Waals surface area contributed by atoms with E-state index in [0.29, 0.717) is 18.2 Å². The number of aryl methyl sites for hydroxylation is 2. The predicted octanol–water partition coefficient (Wildman–Crippen LogP) is 4.56. The van der Waals surface area contributed by atoms with Gasteiger partial charge in [-0.25, -0.2) is 14.4 Å². The second-order valence-electron chi connectivity index (χ2n) is 7.51. The Hall–Kier alpha value is -2.30. The Morgan fingerprint density at radius 2 is 2.00 bits per heavy atom. The number of carbonyl (C=O) groups is 1. The van der Waals surface area contributed by atoms with Gasteiger partial charge >= 0.3 is 0 Å². The smallest absolute Gasteiger partial charge is 0.228 e. The lowest BCUT2D eigenvalue weighted by atomic mass is 9.91. The number of rotatable bonds is 5. The fourth-order valence-corrected chi connectivity index (χ4v) is 3.20. The Morgan fingerprint density at radius 3 is 2.69 bits per heavy atom. The van der Waals surface area contributed by atoms with Gasteiger partial charge in [0, 0.05) is 11.5 Å². The maximum Gasteiger partial charge on any atom is 0.228 e. The Bertz CT molecular complexity index is 832. The molecule has 1 aromatic heterocycles. The number of hydrogen-bond acceptors (Lipinski definition) is 3. The average molecular weight is 355 g/mol. The molecule has 138 valence electrons. The average Bonchev–Trinajstić information content (AvgIpc) is 2.60. The van der Waals surface area contributed by atoms with Crippen molar-refractivity contribution in [2.75, 3.05) is 5.32 Å². The van der Waals surface area contributed by atoms with Crippen molar-refractivity contribution in [1.82, 2.24) is 9.97 Å². The number of halogens is 1. The Morgan fingerprint density at radius 1 is 1.23 bits per heavy atom. The molecule has 1 amide bonds. The van der Waals surface area contributed by atoms with Crippen LogP contribution in [0, 0.1) is 17.7 Å². The number of aromatic nitrogens is 2. The molecular formula is C21H26FN3O. The van der Waals surface area contributed by atoms with Crippen molar-refractivity contribution in [1.29, 1.82) is 0 Å². The first-order chi connectivity index (χ1) is 12.4. The SMILES string of the molecule is CCC(C)C(=O)Nc1nc2c(nc1CC(C)C)-c1ccc(F)cc1CC2. The van der Waals surface area contributed by atoms with E-state index >= 15 is 0 Å². The first kappa shape index (κ1) is 18.5. The summed E-state index contributed by atoms with van der Waals surface area (Å²) in [5.74, 6) is 0.652. The molecule has 4 nitrogen and oxygen atoms in total. The van der Waals surface area contributed by atoms with Crippen LogP contribution >= 0.6 is 0 Å². The van der Waals surface area contributed by atoms with Crippen LogP contribution in [0.5, 0.6) is 0 Å². The first-order valence-electron chi connectivity index (χ1n) is 9.38. The minimum absolute atomic E-state index is 0.0231. The molecule has 0 radical (unpaired) electrons.